The summed E-state index contributed by atoms with van der Waals surface area (Å²) in [5.74, 6) is -0.643. The number of carbonyl (C=O) groups excluding carboxylic acids is 2. The van der Waals surface area contributed by atoms with Gasteiger partial charge in [0.05, 0.1) is 18.8 Å². The molecule has 3 heterocycles. The van der Waals surface area contributed by atoms with Gasteiger partial charge in [-0.25, -0.2) is 9.18 Å². The zero-order chi connectivity index (χ0) is 23.4. The number of carbonyl (C=O) groups is 2. The molecular weight excluding hydrogens is 423 g/mol. The van der Waals surface area contributed by atoms with Gasteiger partial charge >= 0.3 is 6.03 Å². The molecule has 3 amide bonds. The molecule has 2 aromatic rings. The van der Waals surface area contributed by atoms with Gasteiger partial charge in [-0.3, -0.25) is 19.6 Å². The maximum atomic E-state index is 13.9. The Morgan fingerprint density at radius 2 is 1.94 bits per heavy atom. The van der Waals surface area contributed by atoms with Crippen LogP contribution in [0.2, 0.25) is 0 Å². The molecule has 33 heavy (non-hydrogen) atoms. The first-order chi connectivity index (χ1) is 15.9. The number of likely N-dealkylation sites (tertiary alicyclic amines) is 1. The number of aryl methyl sites for hydroxylation is 1. The van der Waals surface area contributed by atoms with Gasteiger partial charge in [-0.15, -0.1) is 0 Å². The standard InChI is InChI=1S/C25H31FN4O3/c1-18-5-3-8-22(27-18)17-29-11-9-20(10-12-29)25(16-19-6-4-7-21(26)15-19)23(31)30(13-14-33-2)24(32)28-25/h3-8,15,20H,9-14,16-17H2,1-2H3,(H,28,32)/t25-/m0/s1. The molecule has 4 rings (SSSR count). The summed E-state index contributed by atoms with van der Waals surface area (Å²) < 4.78 is 19.0. The summed E-state index contributed by atoms with van der Waals surface area (Å²) in [6.07, 6.45) is 1.78. The van der Waals surface area contributed by atoms with E-state index in [4.69, 9.17) is 4.74 Å². The van der Waals surface area contributed by atoms with Crippen LogP contribution in [0.4, 0.5) is 9.18 Å². The molecule has 7 nitrogen and oxygen atoms in total. The molecule has 1 N–H and O–H groups in total. The number of halogens is 1. The fourth-order valence-electron chi connectivity index (χ4n) is 5.04. The molecule has 0 bridgehead atoms. The van der Waals surface area contributed by atoms with E-state index in [1.54, 1.807) is 12.1 Å². The number of aromatic nitrogens is 1. The van der Waals surface area contributed by atoms with Crippen LogP contribution in [-0.2, 0) is 22.5 Å². The molecular formula is C25H31FN4O3. The van der Waals surface area contributed by atoms with E-state index in [-0.39, 0.29) is 37.2 Å². The van der Waals surface area contributed by atoms with Gasteiger partial charge in [0, 0.05) is 25.8 Å². The monoisotopic (exact) mass is 454 g/mol. The van der Waals surface area contributed by atoms with Gasteiger partial charge < -0.3 is 10.1 Å². The number of ether oxygens (including phenoxy) is 1. The number of nitrogens with one attached hydrogen (secondary N) is 1. The predicted octanol–water partition coefficient (Wildman–Crippen LogP) is 2.92. The van der Waals surface area contributed by atoms with Gasteiger partial charge in [-0.2, -0.15) is 0 Å². The van der Waals surface area contributed by atoms with Gasteiger partial charge in [0.1, 0.15) is 11.4 Å². The molecule has 1 atom stereocenters. The van der Waals surface area contributed by atoms with Crippen LogP contribution in [0.3, 0.4) is 0 Å². The molecule has 2 aliphatic heterocycles. The lowest BCUT2D eigenvalue weighted by atomic mass is 9.74. The largest absolute Gasteiger partial charge is 0.383 e. The normalized spacial score (nSPS) is 22.1. The van der Waals surface area contributed by atoms with E-state index in [1.165, 1.54) is 24.1 Å². The number of pyridine rings is 1. The lowest BCUT2D eigenvalue weighted by Gasteiger charge is -2.41. The second kappa shape index (κ2) is 9.97. The summed E-state index contributed by atoms with van der Waals surface area (Å²) in [7, 11) is 1.54. The van der Waals surface area contributed by atoms with Crippen molar-refractivity contribution in [2.24, 2.45) is 5.92 Å². The highest BCUT2D eigenvalue weighted by Crippen LogP contribution is 2.36. The number of benzene rings is 1. The van der Waals surface area contributed by atoms with Crippen LogP contribution in [0, 0.1) is 18.7 Å². The average molecular weight is 455 g/mol. The summed E-state index contributed by atoms with van der Waals surface area (Å²) in [4.78, 5) is 34.6. The molecule has 2 aliphatic rings. The van der Waals surface area contributed by atoms with Gasteiger partial charge in [-0.1, -0.05) is 18.2 Å². The van der Waals surface area contributed by atoms with E-state index < -0.39 is 11.6 Å². The highest BCUT2D eigenvalue weighted by atomic mass is 19.1. The van der Waals surface area contributed by atoms with E-state index in [1.807, 2.05) is 25.1 Å². The second-order valence-corrected chi connectivity index (χ2v) is 8.98. The van der Waals surface area contributed by atoms with E-state index in [0.717, 1.165) is 43.9 Å². The van der Waals surface area contributed by atoms with Crippen LogP contribution in [0.25, 0.3) is 0 Å². The minimum Gasteiger partial charge on any atom is -0.383 e. The summed E-state index contributed by atoms with van der Waals surface area (Å²) in [6, 6.07) is 11.9. The first-order valence-corrected chi connectivity index (χ1v) is 11.4. The SMILES string of the molecule is COCCN1C(=O)N[C@@](Cc2cccc(F)c2)(C2CCN(Cc3cccc(C)n3)CC2)C1=O. The third-order valence-electron chi connectivity index (χ3n) is 6.71. The van der Waals surface area contributed by atoms with Crippen molar-refractivity contribution in [3.05, 3.63) is 65.2 Å². The van der Waals surface area contributed by atoms with Crippen molar-refractivity contribution in [2.75, 3.05) is 33.4 Å². The molecule has 0 aliphatic carbocycles. The van der Waals surface area contributed by atoms with E-state index in [2.05, 4.69) is 15.2 Å². The Balaban J connectivity index is 1.53. The number of imide groups is 1. The zero-order valence-electron chi connectivity index (χ0n) is 19.2. The van der Waals surface area contributed by atoms with Crippen LogP contribution >= 0.6 is 0 Å². The fraction of sp³-hybridized carbons (Fsp3) is 0.480. The number of piperidine rings is 1. The van der Waals surface area contributed by atoms with Crippen molar-refractivity contribution >= 4 is 11.9 Å². The van der Waals surface area contributed by atoms with Crippen molar-refractivity contribution in [1.29, 1.82) is 0 Å². The lowest BCUT2D eigenvalue weighted by molar-refractivity contribution is -0.134. The molecule has 8 heteroatoms. The van der Waals surface area contributed by atoms with Crippen molar-refractivity contribution in [1.82, 2.24) is 20.1 Å². The molecule has 0 unspecified atom stereocenters. The fourth-order valence-corrected chi connectivity index (χ4v) is 5.04. The molecule has 176 valence electrons. The Morgan fingerprint density at radius 3 is 2.64 bits per heavy atom. The van der Waals surface area contributed by atoms with Crippen LogP contribution in [0.5, 0.6) is 0 Å². The number of methoxy groups -OCH3 is 1. The summed E-state index contributed by atoms with van der Waals surface area (Å²) >= 11 is 0. The zero-order valence-corrected chi connectivity index (χ0v) is 19.2. The topological polar surface area (TPSA) is 74.8 Å². The lowest BCUT2D eigenvalue weighted by Crippen LogP contribution is -2.57. The minimum absolute atomic E-state index is 0.0496. The minimum atomic E-state index is -1.08. The Kier molecular flexibility index (Phi) is 7.05. The van der Waals surface area contributed by atoms with Gasteiger partial charge in [0.25, 0.3) is 5.91 Å². The number of hydrogen-bond donors (Lipinski definition) is 1. The summed E-state index contributed by atoms with van der Waals surface area (Å²) in [6.45, 7) is 4.81. The molecule has 1 aromatic heterocycles. The van der Waals surface area contributed by atoms with Crippen LogP contribution in [-0.4, -0.2) is 65.6 Å². The highest BCUT2D eigenvalue weighted by Gasteiger charge is 2.55. The predicted molar refractivity (Wildman–Crippen MR) is 122 cm³/mol. The van der Waals surface area contributed by atoms with Crippen LogP contribution < -0.4 is 5.32 Å². The third-order valence-corrected chi connectivity index (χ3v) is 6.71. The number of urea groups is 1. The quantitative estimate of drug-likeness (QED) is 0.621. The maximum absolute atomic E-state index is 13.9. The highest BCUT2D eigenvalue weighted by molar-refractivity contribution is 6.07. The molecule has 2 fully saturated rings. The Bertz CT molecular complexity index is 1010. The molecule has 2 saturated heterocycles. The molecule has 1 aromatic carbocycles. The first kappa shape index (κ1) is 23.3. The second-order valence-electron chi connectivity index (χ2n) is 8.98. The van der Waals surface area contributed by atoms with Gasteiger partial charge in [-0.05, 0) is 68.6 Å². The smallest absolute Gasteiger partial charge is 0.325 e. The van der Waals surface area contributed by atoms with Crippen LogP contribution in [0.15, 0.2) is 42.5 Å². The first-order valence-electron chi connectivity index (χ1n) is 11.4. The van der Waals surface area contributed by atoms with Crippen molar-refractivity contribution < 1.29 is 18.7 Å². The Labute approximate surface area is 193 Å². The van der Waals surface area contributed by atoms with Crippen molar-refractivity contribution in [3.8, 4) is 0 Å². The van der Waals surface area contributed by atoms with E-state index >= 15 is 0 Å². The van der Waals surface area contributed by atoms with Gasteiger partial charge in [0.15, 0.2) is 0 Å². The van der Waals surface area contributed by atoms with Crippen LogP contribution in [0.1, 0.15) is 29.8 Å². The third kappa shape index (κ3) is 5.07. The molecule has 0 saturated carbocycles. The average Bonchev–Trinajstić information content (AvgIpc) is 3.02. The number of hydrogen-bond acceptors (Lipinski definition) is 5. The number of nitrogens with zero attached hydrogens (tertiary/aromatic N) is 3. The Hall–Kier alpha value is -2.84. The van der Waals surface area contributed by atoms with Crippen molar-refractivity contribution in [2.45, 2.75) is 38.3 Å². The number of rotatable bonds is 8. The Morgan fingerprint density at radius 1 is 1.18 bits per heavy atom. The van der Waals surface area contributed by atoms with E-state index in [9.17, 15) is 14.0 Å². The number of amides is 3. The van der Waals surface area contributed by atoms with Gasteiger partial charge in [0.2, 0.25) is 0 Å². The van der Waals surface area contributed by atoms with Crippen molar-refractivity contribution in [3.63, 3.8) is 0 Å². The molecule has 0 radical (unpaired) electrons. The van der Waals surface area contributed by atoms with E-state index in [0.29, 0.717) is 5.56 Å². The summed E-state index contributed by atoms with van der Waals surface area (Å²) in [5.41, 5.74) is 1.64. The molecule has 0 spiro atoms. The maximum Gasteiger partial charge on any atom is 0.325 e. The summed E-state index contributed by atoms with van der Waals surface area (Å²) in [5, 5.41) is 3.01.